The lowest BCUT2D eigenvalue weighted by Gasteiger charge is -2.23. The van der Waals surface area contributed by atoms with Crippen molar-refractivity contribution >= 4 is 5.91 Å². The summed E-state index contributed by atoms with van der Waals surface area (Å²) >= 11 is 0. The summed E-state index contributed by atoms with van der Waals surface area (Å²) in [5, 5.41) is 0. The maximum Gasteiger partial charge on any atom is 0.237 e. The minimum atomic E-state index is -0.0770. The van der Waals surface area contributed by atoms with E-state index in [0.717, 1.165) is 0 Å². The van der Waals surface area contributed by atoms with E-state index < -0.39 is 0 Å². The van der Waals surface area contributed by atoms with Crippen molar-refractivity contribution in [3.05, 3.63) is 0 Å². The molecule has 0 radical (unpaired) electrons. The van der Waals surface area contributed by atoms with Crippen molar-refractivity contribution in [3.63, 3.8) is 0 Å². The van der Waals surface area contributed by atoms with E-state index in [4.69, 9.17) is 0 Å². The largest absolute Gasteiger partial charge is 0.291 e. The molecule has 0 rings (SSSR count). The summed E-state index contributed by atoms with van der Waals surface area (Å²) in [4.78, 5) is 11.5. The predicted molar refractivity (Wildman–Crippen MR) is 55.0 cm³/mol. The van der Waals surface area contributed by atoms with Crippen molar-refractivity contribution in [1.82, 2.24) is 10.9 Å². The van der Waals surface area contributed by atoms with E-state index in [9.17, 15) is 4.79 Å². The number of hydrogen-bond donors (Lipinski definition) is 2. The van der Waals surface area contributed by atoms with E-state index in [0.29, 0.717) is 5.92 Å². The first kappa shape index (κ1) is 12.4. The highest BCUT2D eigenvalue weighted by molar-refractivity contribution is 5.77. The molecule has 0 bridgehead atoms. The fourth-order valence-corrected chi connectivity index (χ4v) is 0.666. The van der Waals surface area contributed by atoms with Crippen LogP contribution in [0.5, 0.6) is 0 Å². The van der Waals surface area contributed by atoms with Gasteiger partial charge >= 0.3 is 0 Å². The normalized spacial score (nSPS) is 14.4. The van der Waals surface area contributed by atoms with Gasteiger partial charge < -0.3 is 0 Å². The van der Waals surface area contributed by atoms with Crippen LogP contribution in [0.2, 0.25) is 0 Å². The first-order valence-electron chi connectivity index (χ1n) is 4.81. The lowest BCUT2D eigenvalue weighted by atomic mass is 9.98. The highest BCUT2D eigenvalue weighted by Crippen LogP contribution is 2.08. The van der Waals surface area contributed by atoms with Crippen molar-refractivity contribution in [1.29, 1.82) is 0 Å². The van der Waals surface area contributed by atoms with Crippen LogP contribution >= 0.6 is 0 Å². The van der Waals surface area contributed by atoms with E-state index in [1.807, 2.05) is 41.5 Å². The van der Waals surface area contributed by atoms with Gasteiger partial charge in [0.25, 0.3) is 0 Å². The van der Waals surface area contributed by atoms with E-state index in [1.54, 1.807) is 0 Å². The second-order valence-electron chi connectivity index (χ2n) is 4.90. The predicted octanol–water partition coefficient (Wildman–Crippen LogP) is 1.70. The first-order chi connectivity index (χ1) is 5.74. The molecule has 0 saturated carbocycles. The molecule has 78 valence electrons. The lowest BCUT2D eigenvalue weighted by Crippen LogP contribution is -2.50. The second kappa shape index (κ2) is 4.61. The molecule has 0 aliphatic carbocycles. The molecule has 0 heterocycles. The van der Waals surface area contributed by atoms with E-state index >= 15 is 0 Å². The molecule has 0 aliphatic heterocycles. The van der Waals surface area contributed by atoms with Gasteiger partial charge in [-0.1, -0.05) is 20.8 Å². The van der Waals surface area contributed by atoms with Crippen LogP contribution < -0.4 is 10.9 Å². The van der Waals surface area contributed by atoms with Crippen LogP contribution in [-0.2, 0) is 4.79 Å². The fourth-order valence-electron chi connectivity index (χ4n) is 0.666. The third-order valence-electron chi connectivity index (χ3n) is 1.97. The summed E-state index contributed by atoms with van der Waals surface area (Å²) in [5.41, 5.74) is 5.60. The molecule has 0 aliphatic rings. The molecule has 13 heavy (non-hydrogen) atoms. The van der Waals surface area contributed by atoms with Crippen LogP contribution in [0.25, 0.3) is 0 Å². The standard InChI is InChI=1S/C10H22N2O/c1-7(2)8(3)9(13)11-12-10(4,5)6/h7-8,12H,1-6H3,(H,11,13). The third kappa shape index (κ3) is 5.64. The van der Waals surface area contributed by atoms with Gasteiger partial charge in [0, 0.05) is 11.5 Å². The molecule has 1 amide bonds. The van der Waals surface area contributed by atoms with E-state index in [-0.39, 0.29) is 17.4 Å². The maximum absolute atomic E-state index is 11.5. The fraction of sp³-hybridized carbons (Fsp3) is 0.900. The first-order valence-corrected chi connectivity index (χ1v) is 4.81. The number of hydrazine groups is 1. The third-order valence-corrected chi connectivity index (χ3v) is 1.97. The zero-order valence-corrected chi connectivity index (χ0v) is 9.56. The zero-order valence-electron chi connectivity index (χ0n) is 9.56. The number of carbonyl (C=O) groups is 1. The van der Waals surface area contributed by atoms with Crippen LogP contribution in [0.1, 0.15) is 41.5 Å². The summed E-state index contributed by atoms with van der Waals surface area (Å²) in [6.07, 6.45) is 0. The van der Waals surface area contributed by atoms with Gasteiger partial charge in [0.2, 0.25) is 5.91 Å². The average molecular weight is 186 g/mol. The van der Waals surface area contributed by atoms with Crippen LogP contribution in [0.4, 0.5) is 0 Å². The average Bonchev–Trinajstić information content (AvgIpc) is 1.97. The molecule has 3 nitrogen and oxygen atoms in total. The molecule has 0 spiro atoms. The summed E-state index contributed by atoms with van der Waals surface area (Å²) in [7, 11) is 0. The highest BCUT2D eigenvalue weighted by atomic mass is 16.2. The van der Waals surface area contributed by atoms with Crippen LogP contribution in [0, 0.1) is 11.8 Å². The molecule has 0 aromatic rings. The smallest absolute Gasteiger partial charge is 0.237 e. The lowest BCUT2D eigenvalue weighted by molar-refractivity contribution is -0.127. The Morgan fingerprint density at radius 3 is 1.92 bits per heavy atom. The Morgan fingerprint density at radius 1 is 1.15 bits per heavy atom. The Labute approximate surface area is 81.3 Å². The van der Waals surface area contributed by atoms with Gasteiger partial charge in [-0.05, 0) is 26.7 Å². The van der Waals surface area contributed by atoms with Gasteiger partial charge in [-0.25, -0.2) is 5.43 Å². The number of amides is 1. The van der Waals surface area contributed by atoms with Crippen molar-refractivity contribution < 1.29 is 4.79 Å². The van der Waals surface area contributed by atoms with Crippen LogP contribution in [0.15, 0.2) is 0 Å². The molecule has 1 atom stereocenters. The van der Waals surface area contributed by atoms with Crippen molar-refractivity contribution in [2.75, 3.05) is 0 Å². The molecular weight excluding hydrogens is 164 g/mol. The second-order valence-corrected chi connectivity index (χ2v) is 4.90. The number of rotatable bonds is 3. The van der Waals surface area contributed by atoms with E-state index in [1.165, 1.54) is 0 Å². The molecule has 0 aromatic carbocycles. The number of carbonyl (C=O) groups excluding carboxylic acids is 1. The topological polar surface area (TPSA) is 41.1 Å². The Morgan fingerprint density at radius 2 is 1.62 bits per heavy atom. The monoisotopic (exact) mass is 186 g/mol. The van der Waals surface area contributed by atoms with Crippen molar-refractivity contribution in [3.8, 4) is 0 Å². The van der Waals surface area contributed by atoms with Crippen LogP contribution in [-0.4, -0.2) is 11.4 Å². The molecule has 3 heteroatoms. The van der Waals surface area contributed by atoms with Gasteiger partial charge in [-0.15, -0.1) is 0 Å². The minimum Gasteiger partial charge on any atom is -0.291 e. The van der Waals surface area contributed by atoms with Gasteiger partial charge in [0.1, 0.15) is 0 Å². The summed E-state index contributed by atoms with van der Waals surface area (Å²) < 4.78 is 0. The molecule has 1 unspecified atom stereocenters. The molecular formula is C10H22N2O. The Bertz CT molecular complexity index is 170. The Hall–Kier alpha value is -0.570. The number of nitrogens with one attached hydrogen (secondary N) is 2. The molecule has 0 aromatic heterocycles. The molecule has 0 fully saturated rings. The van der Waals surface area contributed by atoms with Crippen LogP contribution in [0.3, 0.4) is 0 Å². The summed E-state index contributed by atoms with van der Waals surface area (Å²) in [6, 6.07) is 0. The zero-order chi connectivity index (χ0) is 10.6. The summed E-state index contributed by atoms with van der Waals surface area (Å²) in [5.74, 6) is 0.488. The van der Waals surface area contributed by atoms with Crippen molar-refractivity contribution in [2.24, 2.45) is 11.8 Å². The minimum absolute atomic E-state index is 0.0508. The summed E-state index contributed by atoms with van der Waals surface area (Å²) in [6.45, 7) is 12.0. The van der Waals surface area contributed by atoms with Gasteiger partial charge in [0.05, 0.1) is 0 Å². The molecule has 0 saturated heterocycles. The Kier molecular flexibility index (Phi) is 4.40. The molecule has 2 N–H and O–H groups in total. The van der Waals surface area contributed by atoms with Gasteiger partial charge in [0.15, 0.2) is 0 Å². The quantitative estimate of drug-likeness (QED) is 0.659. The van der Waals surface area contributed by atoms with Crippen molar-refractivity contribution in [2.45, 2.75) is 47.1 Å². The van der Waals surface area contributed by atoms with E-state index in [2.05, 4.69) is 10.9 Å². The van der Waals surface area contributed by atoms with Gasteiger partial charge in [-0.2, -0.15) is 0 Å². The maximum atomic E-state index is 11.5. The number of hydrogen-bond acceptors (Lipinski definition) is 2. The van der Waals surface area contributed by atoms with Gasteiger partial charge in [-0.3, -0.25) is 10.2 Å². The Balaban J connectivity index is 3.89. The SMILES string of the molecule is CC(C)C(C)C(=O)NNC(C)(C)C. The highest BCUT2D eigenvalue weighted by Gasteiger charge is 2.18.